The minimum atomic E-state index is -0.194. The molecule has 1 amide bonds. The fourth-order valence-electron chi connectivity index (χ4n) is 3.74. The summed E-state index contributed by atoms with van der Waals surface area (Å²) in [4.78, 5) is 17.5. The molecule has 5 heteroatoms. The Bertz CT molecular complexity index is 1250. The maximum absolute atomic E-state index is 13.0. The summed E-state index contributed by atoms with van der Waals surface area (Å²) in [5.41, 5.74) is 11.8. The van der Waals surface area contributed by atoms with Gasteiger partial charge < -0.3 is 15.8 Å². The Kier molecular flexibility index (Phi) is 6.36. The average Bonchev–Trinajstić information content (AvgIpc) is 2.79. The molecule has 4 aromatic rings. The van der Waals surface area contributed by atoms with E-state index >= 15 is 0 Å². The van der Waals surface area contributed by atoms with Crippen molar-refractivity contribution in [2.45, 2.75) is 33.3 Å². The number of fused-ring (bicyclic) bond motifs is 1. The van der Waals surface area contributed by atoms with Crippen molar-refractivity contribution in [3.8, 4) is 5.75 Å². The van der Waals surface area contributed by atoms with Gasteiger partial charge in [0.15, 0.2) is 0 Å². The molecule has 0 aliphatic carbocycles. The van der Waals surface area contributed by atoms with Gasteiger partial charge >= 0.3 is 0 Å². The second kappa shape index (κ2) is 9.52. The summed E-state index contributed by atoms with van der Waals surface area (Å²) >= 11 is 0. The van der Waals surface area contributed by atoms with Crippen LogP contribution >= 0.6 is 0 Å². The van der Waals surface area contributed by atoms with Crippen molar-refractivity contribution in [3.05, 3.63) is 95.2 Å². The first-order chi connectivity index (χ1) is 15.5. The van der Waals surface area contributed by atoms with E-state index in [1.807, 2.05) is 61.5 Å². The largest absolute Gasteiger partial charge is 0.489 e. The van der Waals surface area contributed by atoms with E-state index in [0.717, 1.165) is 40.8 Å². The number of benzene rings is 3. The van der Waals surface area contributed by atoms with E-state index in [0.29, 0.717) is 23.5 Å². The maximum Gasteiger partial charge on any atom is 0.256 e. The zero-order valence-electron chi connectivity index (χ0n) is 18.4. The van der Waals surface area contributed by atoms with E-state index in [1.165, 1.54) is 5.56 Å². The molecule has 1 heterocycles. The Morgan fingerprint density at radius 3 is 2.59 bits per heavy atom. The van der Waals surface area contributed by atoms with Crippen molar-refractivity contribution >= 4 is 28.2 Å². The number of hydrogen-bond donors (Lipinski definition) is 2. The van der Waals surface area contributed by atoms with Gasteiger partial charge in [0, 0.05) is 33.6 Å². The lowest BCUT2D eigenvalue weighted by Crippen LogP contribution is -2.15. The zero-order valence-corrected chi connectivity index (χ0v) is 18.4. The van der Waals surface area contributed by atoms with E-state index in [9.17, 15) is 4.79 Å². The molecule has 0 unspecified atom stereocenters. The van der Waals surface area contributed by atoms with Gasteiger partial charge in [-0.3, -0.25) is 9.78 Å². The van der Waals surface area contributed by atoms with Crippen LogP contribution in [0.3, 0.4) is 0 Å². The number of nitrogen functional groups attached to an aromatic ring is 1. The van der Waals surface area contributed by atoms with Gasteiger partial charge in [0.05, 0.1) is 5.52 Å². The summed E-state index contributed by atoms with van der Waals surface area (Å²) in [7, 11) is 0. The van der Waals surface area contributed by atoms with Crippen LogP contribution in [0.1, 0.15) is 40.5 Å². The number of rotatable bonds is 7. The Labute approximate surface area is 188 Å². The molecule has 162 valence electrons. The van der Waals surface area contributed by atoms with Gasteiger partial charge in [-0.15, -0.1) is 0 Å². The Hall–Kier alpha value is -3.86. The Morgan fingerprint density at radius 2 is 1.81 bits per heavy atom. The molecule has 0 spiro atoms. The number of nitrogens with one attached hydrogen (secondary N) is 1. The van der Waals surface area contributed by atoms with Gasteiger partial charge in [-0.2, -0.15) is 0 Å². The first-order valence-corrected chi connectivity index (χ1v) is 10.8. The molecule has 0 aliphatic rings. The minimum Gasteiger partial charge on any atom is -0.489 e. The number of nitrogens with zero attached hydrogens (tertiary/aromatic N) is 1. The lowest BCUT2D eigenvalue weighted by atomic mass is 10.1. The summed E-state index contributed by atoms with van der Waals surface area (Å²) in [5, 5.41) is 3.79. The molecule has 0 saturated heterocycles. The van der Waals surface area contributed by atoms with Crippen molar-refractivity contribution in [2.75, 3.05) is 11.1 Å². The molecule has 4 rings (SSSR count). The first-order valence-electron chi connectivity index (χ1n) is 10.8. The number of aryl methyl sites for hydroxylation is 2. The number of pyridine rings is 1. The third kappa shape index (κ3) is 4.89. The molecule has 0 aliphatic heterocycles. The molecule has 0 atom stereocenters. The number of aromatic nitrogens is 1. The van der Waals surface area contributed by atoms with Gasteiger partial charge in [-0.1, -0.05) is 43.7 Å². The van der Waals surface area contributed by atoms with Crippen LogP contribution in [0.2, 0.25) is 0 Å². The predicted octanol–water partition coefficient (Wildman–Crippen LogP) is 5.91. The first kappa shape index (κ1) is 21.4. The molecule has 0 radical (unpaired) electrons. The lowest BCUT2D eigenvalue weighted by molar-refractivity contribution is 0.102. The second-order valence-electron chi connectivity index (χ2n) is 7.88. The summed E-state index contributed by atoms with van der Waals surface area (Å²) in [5.74, 6) is 0.591. The van der Waals surface area contributed by atoms with Crippen molar-refractivity contribution in [2.24, 2.45) is 0 Å². The summed E-state index contributed by atoms with van der Waals surface area (Å²) in [6, 6.07) is 23.0. The molecule has 5 nitrogen and oxygen atoms in total. The predicted molar refractivity (Wildman–Crippen MR) is 130 cm³/mol. The minimum absolute atomic E-state index is 0.194. The molecule has 0 bridgehead atoms. The highest BCUT2D eigenvalue weighted by Gasteiger charge is 2.13. The third-order valence-corrected chi connectivity index (χ3v) is 5.34. The van der Waals surface area contributed by atoms with Gasteiger partial charge in [-0.05, 0) is 61.4 Å². The standard InChI is InChI=1S/C27H27N3O2/c1-3-6-19-9-12-22(13-10-19)32-17-20-7-4-5-8-23(20)27(31)30-21-11-14-26-24(16-21)25(28)15-18(2)29-26/h4-5,7-16H,3,6,17H2,1-2H3,(H2,28,29)(H,30,31). The molecule has 32 heavy (non-hydrogen) atoms. The monoisotopic (exact) mass is 425 g/mol. The summed E-state index contributed by atoms with van der Waals surface area (Å²) < 4.78 is 5.95. The number of carbonyl (C=O) groups is 1. The van der Waals surface area contributed by atoms with Crippen molar-refractivity contribution in [3.63, 3.8) is 0 Å². The number of ether oxygens (including phenoxy) is 1. The number of nitrogens with two attached hydrogens (primary N) is 1. The number of carbonyl (C=O) groups excluding carboxylic acids is 1. The second-order valence-corrected chi connectivity index (χ2v) is 7.88. The van der Waals surface area contributed by atoms with Gasteiger partial charge in [0.1, 0.15) is 12.4 Å². The quantitative estimate of drug-likeness (QED) is 0.386. The van der Waals surface area contributed by atoms with Gasteiger partial charge in [0.25, 0.3) is 5.91 Å². The van der Waals surface area contributed by atoms with Crippen molar-refractivity contribution < 1.29 is 9.53 Å². The van der Waals surface area contributed by atoms with E-state index in [-0.39, 0.29) is 5.91 Å². The fraction of sp³-hybridized carbons (Fsp3) is 0.185. The number of amides is 1. The normalized spacial score (nSPS) is 10.8. The molecule has 3 aromatic carbocycles. The summed E-state index contributed by atoms with van der Waals surface area (Å²) in [6.45, 7) is 4.38. The maximum atomic E-state index is 13.0. The number of hydrogen-bond acceptors (Lipinski definition) is 4. The smallest absolute Gasteiger partial charge is 0.256 e. The average molecular weight is 426 g/mol. The van der Waals surface area contributed by atoms with Crippen LogP contribution < -0.4 is 15.8 Å². The van der Waals surface area contributed by atoms with E-state index in [2.05, 4.69) is 29.4 Å². The molecular formula is C27H27N3O2. The fourth-order valence-corrected chi connectivity index (χ4v) is 3.74. The van der Waals surface area contributed by atoms with Crippen LogP contribution in [0.15, 0.2) is 72.8 Å². The van der Waals surface area contributed by atoms with Crippen molar-refractivity contribution in [1.29, 1.82) is 0 Å². The van der Waals surface area contributed by atoms with Crippen LogP contribution in [0.4, 0.5) is 11.4 Å². The van der Waals surface area contributed by atoms with E-state index in [4.69, 9.17) is 10.5 Å². The molecule has 0 saturated carbocycles. The molecular weight excluding hydrogens is 398 g/mol. The van der Waals surface area contributed by atoms with Crippen LogP contribution in [0.25, 0.3) is 10.9 Å². The highest BCUT2D eigenvalue weighted by Crippen LogP contribution is 2.25. The lowest BCUT2D eigenvalue weighted by Gasteiger charge is -2.13. The molecule has 3 N–H and O–H groups in total. The van der Waals surface area contributed by atoms with Gasteiger partial charge in [0.2, 0.25) is 0 Å². The Balaban J connectivity index is 1.49. The van der Waals surface area contributed by atoms with Crippen LogP contribution in [0.5, 0.6) is 5.75 Å². The topological polar surface area (TPSA) is 77.2 Å². The third-order valence-electron chi connectivity index (χ3n) is 5.34. The van der Waals surface area contributed by atoms with Gasteiger partial charge in [-0.25, -0.2) is 0 Å². The van der Waals surface area contributed by atoms with Crippen molar-refractivity contribution in [1.82, 2.24) is 4.98 Å². The van der Waals surface area contributed by atoms with Crippen LogP contribution in [-0.2, 0) is 13.0 Å². The molecule has 0 fully saturated rings. The van der Waals surface area contributed by atoms with Crippen LogP contribution in [-0.4, -0.2) is 10.9 Å². The summed E-state index contributed by atoms with van der Waals surface area (Å²) in [6.07, 6.45) is 2.17. The Morgan fingerprint density at radius 1 is 1.03 bits per heavy atom. The highest BCUT2D eigenvalue weighted by atomic mass is 16.5. The van der Waals surface area contributed by atoms with E-state index in [1.54, 1.807) is 6.07 Å². The van der Waals surface area contributed by atoms with E-state index < -0.39 is 0 Å². The zero-order chi connectivity index (χ0) is 22.5. The van der Waals surface area contributed by atoms with Crippen LogP contribution in [0, 0.1) is 6.92 Å². The number of anilines is 2. The highest BCUT2D eigenvalue weighted by molar-refractivity contribution is 6.06. The SMILES string of the molecule is CCCc1ccc(OCc2ccccc2C(=O)Nc2ccc3nc(C)cc(N)c3c2)cc1. The molecule has 1 aromatic heterocycles.